The maximum atomic E-state index is 12.3. The quantitative estimate of drug-likeness (QED) is 0.215. The van der Waals surface area contributed by atoms with Crippen molar-refractivity contribution >= 4 is 36.0 Å². The summed E-state index contributed by atoms with van der Waals surface area (Å²) < 4.78 is 10.7. The normalized spacial score (nSPS) is 15.9. The Kier molecular flexibility index (Phi) is 12.5. The molecule has 1 saturated carbocycles. The first-order valence-electron chi connectivity index (χ1n) is 10.7. The largest absolute Gasteiger partial charge is 0.444 e. The van der Waals surface area contributed by atoms with Crippen LogP contribution in [0.4, 0.5) is 4.79 Å². The average molecular weight is 527 g/mol. The van der Waals surface area contributed by atoms with E-state index in [1.165, 1.54) is 12.8 Å². The van der Waals surface area contributed by atoms with Gasteiger partial charge in [0.15, 0.2) is 5.96 Å². The van der Waals surface area contributed by atoms with Gasteiger partial charge in [0.25, 0.3) is 0 Å². The van der Waals surface area contributed by atoms with Crippen molar-refractivity contribution in [3.63, 3.8) is 0 Å². The van der Waals surface area contributed by atoms with Crippen molar-refractivity contribution in [3.05, 3.63) is 0 Å². The van der Waals surface area contributed by atoms with Crippen molar-refractivity contribution in [2.75, 3.05) is 33.4 Å². The summed E-state index contributed by atoms with van der Waals surface area (Å²) in [7, 11) is 1.75. The number of methoxy groups -OCH3 is 1. The second kappa shape index (κ2) is 12.8. The average Bonchev–Trinajstić information content (AvgIpc) is 3.40. The van der Waals surface area contributed by atoms with E-state index in [1.807, 2.05) is 20.8 Å². The van der Waals surface area contributed by atoms with Crippen molar-refractivity contribution < 1.29 is 14.3 Å². The maximum Gasteiger partial charge on any atom is 0.408 e. The smallest absolute Gasteiger partial charge is 0.408 e. The summed E-state index contributed by atoms with van der Waals surface area (Å²) in [6.07, 6.45) is 4.71. The first-order chi connectivity index (χ1) is 13.1. The lowest BCUT2D eigenvalue weighted by atomic mass is 9.93. The van der Waals surface area contributed by atoms with E-state index in [-0.39, 0.29) is 30.1 Å². The molecule has 3 N–H and O–H groups in total. The van der Waals surface area contributed by atoms with Crippen LogP contribution in [0.3, 0.4) is 0 Å². The SMILES string of the molecule is CCNC(=NCC(CC)(CC)NC(=O)OC(C)(C)C)NCC1(CCOC)CC1.I. The molecule has 1 aliphatic rings. The van der Waals surface area contributed by atoms with E-state index in [4.69, 9.17) is 14.5 Å². The van der Waals surface area contributed by atoms with Crippen LogP contribution in [0, 0.1) is 5.41 Å². The first-order valence-corrected chi connectivity index (χ1v) is 10.7. The number of aliphatic imine (C=N–C) groups is 1. The maximum absolute atomic E-state index is 12.3. The topological polar surface area (TPSA) is 84.0 Å². The highest BCUT2D eigenvalue weighted by Gasteiger charge is 2.42. The molecular formula is C21H43IN4O3. The Labute approximate surface area is 194 Å². The molecule has 7 nitrogen and oxygen atoms in total. The third-order valence-electron chi connectivity index (χ3n) is 5.43. The lowest BCUT2D eigenvalue weighted by molar-refractivity contribution is 0.0452. The molecule has 0 aromatic carbocycles. The summed E-state index contributed by atoms with van der Waals surface area (Å²) in [6, 6.07) is 0. The molecule has 1 amide bonds. The van der Waals surface area contributed by atoms with Gasteiger partial charge in [-0.1, -0.05) is 13.8 Å². The number of hydrogen-bond acceptors (Lipinski definition) is 4. The summed E-state index contributed by atoms with van der Waals surface area (Å²) in [5, 5.41) is 9.86. The minimum atomic E-state index is -0.516. The second-order valence-electron chi connectivity index (χ2n) is 8.91. The summed E-state index contributed by atoms with van der Waals surface area (Å²) in [5.41, 5.74) is -0.594. The van der Waals surface area contributed by atoms with Gasteiger partial charge in [-0.25, -0.2) is 4.79 Å². The van der Waals surface area contributed by atoms with E-state index in [2.05, 4.69) is 36.7 Å². The molecule has 0 bridgehead atoms. The minimum Gasteiger partial charge on any atom is -0.444 e. The van der Waals surface area contributed by atoms with Gasteiger partial charge in [-0.05, 0) is 65.2 Å². The van der Waals surface area contributed by atoms with E-state index in [0.717, 1.165) is 44.9 Å². The van der Waals surface area contributed by atoms with Crippen molar-refractivity contribution in [1.82, 2.24) is 16.0 Å². The zero-order chi connectivity index (χ0) is 21.3. The van der Waals surface area contributed by atoms with Gasteiger partial charge in [0.05, 0.1) is 12.1 Å². The molecule has 1 aliphatic carbocycles. The summed E-state index contributed by atoms with van der Waals surface area (Å²) in [5.74, 6) is 0.795. The predicted octanol–water partition coefficient (Wildman–Crippen LogP) is 4.06. The fourth-order valence-electron chi connectivity index (χ4n) is 3.06. The van der Waals surface area contributed by atoms with Crippen LogP contribution in [0.25, 0.3) is 0 Å². The van der Waals surface area contributed by atoms with Crippen LogP contribution in [0.15, 0.2) is 4.99 Å². The molecule has 1 rings (SSSR count). The van der Waals surface area contributed by atoms with E-state index < -0.39 is 11.1 Å². The number of nitrogens with zero attached hydrogens (tertiary/aromatic N) is 1. The van der Waals surface area contributed by atoms with Gasteiger partial charge in [0, 0.05) is 26.8 Å². The molecule has 29 heavy (non-hydrogen) atoms. The highest BCUT2D eigenvalue weighted by molar-refractivity contribution is 14.0. The van der Waals surface area contributed by atoms with E-state index in [9.17, 15) is 4.79 Å². The molecule has 0 unspecified atom stereocenters. The Morgan fingerprint density at radius 3 is 2.17 bits per heavy atom. The van der Waals surface area contributed by atoms with Crippen LogP contribution >= 0.6 is 24.0 Å². The fraction of sp³-hybridized carbons (Fsp3) is 0.905. The number of nitrogens with one attached hydrogen (secondary N) is 3. The van der Waals surface area contributed by atoms with Gasteiger partial charge < -0.3 is 25.4 Å². The summed E-state index contributed by atoms with van der Waals surface area (Å²) in [4.78, 5) is 17.1. The van der Waals surface area contributed by atoms with Crippen LogP contribution in [-0.4, -0.2) is 56.5 Å². The molecule has 0 aromatic rings. The number of rotatable bonds is 11. The van der Waals surface area contributed by atoms with Crippen molar-refractivity contribution in [2.45, 2.75) is 84.8 Å². The number of carbonyl (C=O) groups is 1. The highest BCUT2D eigenvalue weighted by Crippen LogP contribution is 2.48. The molecule has 0 atom stereocenters. The minimum absolute atomic E-state index is 0. The first kappa shape index (κ1) is 28.2. The number of alkyl carbamates (subject to hydrolysis) is 1. The van der Waals surface area contributed by atoms with Gasteiger partial charge in [0.1, 0.15) is 5.60 Å². The summed E-state index contributed by atoms with van der Waals surface area (Å²) >= 11 is 0. The number of guanidine groups is 1. The van der Waals surface area contributed by atoms with Crippen molar-refractivity contribution in [2.24, 2.45) is 10.4 Å². The van der Waals surface area contributed by atoms with Crippen molar-refractivity contribution in [1.29, 1.82) is 0 Å². The zero-order valence-electron chi connectivity index (χ0n) is 19.4. The van der Waals surface area contributed by atoms with Crippen LogP contribution in [0.5, 0.6) is 0 Å². The zero-order valence-corrected chi connectivity index (χ0v) is 21.8. The Hall–Kier alpha value is -0.770. The van der Waals surface area contributed by atoms with Crippen LogP contribution < -0.4 is 16.0 Å². The molecule has 0 aliphatic heterocycles. The molecule has 8 heteroatoms. The Morgan fingerprint density at radius 1 is 1.10 bits per heavy atom. The lowest BCUT2D eigenvalue weighted by Gasteiger charge is -2.33. The number of amides is 1. The van der Waals surface area contributed by atoms with E-state index in [0.29, 0.717) is 12.0 Å². The van der Waals surface area contributed by atoms with Crippen LogP contribution in [0.1, 0.15) is 73.6 Å². The predicted molar refractivity (Wildman–Crippen MR) is 130 cm³/mol. The second-order valence-corrected chi connectivity index (χ2v) is 8.91. The standard InChI is InChI=1S/C21H42N4O3.HI/c1-8-21(9-2,25-18(26)28-19(4,5)6)16-24-17(22-10-3)23-15-20(11-12-20)13-14-27-7;/h8-16H2,1-7H3,(H,25,26)(H2,22,23,24);1H. The molecular weight excluding hydrogens is 483 g/mol. The lowest BCUT2D eigenvalue weighted by Crippen LogP contribution is -2.52. The van der Waals surface area contributed by atoms with Gasteiger partial charge in [-0.2, -0.15) is 0 Å². The molecule has 172 valence electrons. The van der Waals surface area contributed by atoms with Crippen LogP contribution in [0.2, 0.25) is 0 Å². The van der Waals surface area contributed by atoms with Gasteiger partial charge in [0.2, 0.25) is 0 Å². The van der Waals surface area contributed by atoms with Crippen LogP contribution in [-0.2, 0) is 9.47 Å². The third-order valence-corrected chi connectivity index (χ3v) is 5.43. The van der Waals surface area contributed by atoms with E-state index >= 15 is 0 Å². The Morgan fingerprint density at radius 2 is 1.72 bits per heavy atom. The number of carbonyl (C=O) groups excluding carboxylic acids is 1. The fourth-order valence-corrected chi connectivity index (χ4v) is 3.06. The molecule has 0 radical (unpaired) electrons. The van der Waals surface area contributed by atoms with Gasteiger partial charge >= 0.3 is 6.09 Å². The molecule has 0 spiro atoms. The van der Waals surface area contributed by atoms with Gasteiger partial charge in [-0.3, -0.25) is 4.99 Å². The number of halogens is 1. The highest BCUT2D eigenvalue weighted by atomic mass is 127. The summed E-state index contributed by atoms with van der Waals surface area (Å²) in [6.45, 7) is 14.8. The Bertz CT molecular complexity index is 513. The molecule has 1 fully saturated rings. The molecule has 0 aromatic heterocycles. The van der Waals surface area contributed by atoms with E-state index in [1.54, 1.807) is 7.11 Å². The molecule has 0 heterocycles. The number of ether oxygens (including phenoxy) is 2. The van der Waals surface area contributed by atoms with Gasteiger partial charge in [-0.15, -0.1) is 24.0 Å². The molecule has 0 saturated heterocycles. The Balaban J connectivity index is 0.00000784. The monoisotopic (exact) mass is 526 g/mol. The third kappa shape index (κ3) is 10.7. The number of hydrogen-bond donors (Lipinski definition) is 3. The van der Waals surface area contributed by atoms with Crippen molar-refractivity contribution in [3.8, 4) is 0 Å².